The van der Waals surface area contributed by atoms with Crippen molar-refractivity contribution in [3.8, 4) is 11.1 Å². The minimum absolute atomic E-state index is 0.0703. The number of hydrogen-bond acceptors (Lipinski definition) is 2. The van der Waals surface area contributed by atoms with Crippen molar-refractivity contribution in [2.45, 2.75) is 41.5 Å². The molecule has 0 radical (unpaired) electrons. The van der Waals surface area contributed by atoms with Crippen molar-refractivity contribution in [3.63, 3.8) is 0 Å². The van der Waals surface area contributed by atoms with Gasteiger partial charge in [0.15, 0.2) is 0 Å². The molecule has 2 N–H and O–H groups in total. The number of nitrogens with zero attached hydrogens (tertiary/aromatic N) is 1. The lowest BCUT2D eigenvalue weighted by Crippen LogP contribution is -2.34. The smallest absolute Gasteiger partial charge is 0.0446 e. The van der Waals surface area contributed by atoms with E-state index < -0.39 is 0 Å². The highest BCUT2D eigenvalue weighted by molar-refractivity contribution is 5.83. The maximum absolute atomic E-state index is 6.10. The first kappa shape index (κ1) is 37.1. The van der Waals surface area contributed by atoms with Crippen molar-refractivity contribution in [2.75, 3.05) is 12.8 Å². The third-order valence-electron chi connectivity index (χ3n) is 7.74. The van der Waals surface area contributed by atoms with E-state index in [2.05, 4.69) is 133 Å². The number of para-hydroxylation sites is 1. The van der Waals surface area contributed by atoms with E-state index in [-0.39, 0.29) is 5.41 Å². The van der Waals surface area contributed by atoms with Crippen LogP contribution in [0.5, 0.6) is 0 Å². The van der Waals surface area contributed by atoms with E-state index in [0.717, 1.165) is 22.4 Å². The third kappa shape index (κ3) is 9.97. The Bertz CT molecular complexity index is 1650. The van der Waals surface area contributed by atoms with Crippen molar-refractivity contribution in [3.05, 3.63) is 193 Å². The van der Waals surface area contributed by atoms with Gasteiger partial charge in [-0.2, -0.15) is 0 Å². The highest BCUT2D eigenvalue weighted by Crippen LogP contribution is 2.47. The molecular formula is C44H52N2. The lowest BCUT2D eigenvalue weighted by molar-refractivity contribution is 0.424. The Morgan fingerprint density at radius 1 is 0.739 bits per heavy atom. The Morgan fingerprint density at radius 3 is 1.96 bits per heavy atom. The highest BCUT2D eigenvalue weighted by Gasteiger charge is 2.36. The summed E-state index contributed by atoms with van der Waals surface area (Å²) in [6.07, 6.45) is 22.0. The number of nitrogens with two attached hydrogens (primary N) is 1. The second-order valence-electron chi connectivity index (χ2n) is 11.5. The van der Waals surface area contributed by atoms with Crippen LogP contribution in [-0.2, 0) is 0 Å². The summed E-state index contributed by atoms with van der Waals surface area (Å²) in [5.41, 5.74) is 17.7. The van der Waals surface area contributed by atoms with Crippen molar-refractivity contribution < 1.29 is 0 Å². The maximum atomic E-state index is 6.10. The lowest BCUT2D eigenvalue weighted by Gasteiger charge is -2.43. The topological polar surface area (TPSA) is 29.3 Å². The summed E-state index contributed by atoms with van der Waals surface area (Å²) in [6.45, 7) is 24.3. The molecule has 0 spiro atoms. The molecule has 1 aliphatic heterocycles. The predicted octanol–water partition coefficient (Wildman–Crippen LogP) is 12.0. The Morgan fingerprint density at radius 2 is 1.41 bits per heavy atom. The minimum atomic E-state index is -0.0703. The molecule has 0 aromatic heterocycles. The first-order valence-corrected chi connectivity index (χ1v) is 15.7. The zero-order chi connectivity index (χ0) is 34.1. The fraction of sp³-hybridized carbons (Fsp3) is 0.182. The van der Waals surface area contributed by atoms with Crippen LogP contribution >= 0.6 is 0 Å². The fourth-order valence-electron chi connectivity index (χ4n) is 5.38. The van der Waals surface area contributed by atoms with Crippen molar-refractivity contribution in [2.24, 2.45) is 5.41 Å². The number of anilines is 1. The summed E-state index contributed by atoms with van der Waals surface area (Å²) < 4.78 is 0. The number of rotatable bonds is 7. The van der Waals surface area contributed by atoms with Gasteiger partial charge in [0.1, 0.15) is 0 Å². The average molecular weight is 609 g/mol. The Labute approximate surface area is 279 Å². The summed E-state index contributed by atoms with van der Waals surface area (Å²) in [7, 11) is 2.10. The highest BCUT2D eigenvalue weighted by atomic mass is 15.1. The van der Waals surface area contributed by atoms with E-state index in [1.807, 2.05) is 73.7 Å². The van der Waals surface area contributed by atoms with Crippen LogP contribution in [0.2, 0.25) is 0 Å². The molecule has 3 aromatic carbocycles. The van der Waals surface area contributed by atoms with Crippen LogP contribution in [0, 0.1) is 19.3 Å². The summed E-state index contributed by atoms with van der Waals surface area (Å²) in [5.74, 6) is 0. The van der Waals surface area contributed by atoms with Crippen molar-refractivity contribution in [1.82, 2.24) is 4.90 Å². The lowest BCUT2D eigenvalue weighted by atomic mass is 9.71. The van der Waals surface area contributed by atoms with Crippen LogP contribution in [0.3, 0.4) is 0 Å². The summed E-state index contributed by atoms with van der Waals surface area (Å²) in [6, 6.07) is 24.6. The second-order valence-corrected chi connectivity index (χ2v) is 11.5. The molecule has 0 saturated heterocycles. The minimum Gasteiger partial charge on any atom is -0.398 e. The van der Waals surface area contributed by atoms with Gasteiger partial charge in [-0.05, 0) is 62.1 Å². The largest absolute Gasteiger partial charge is 0.398 e. The Balaban J connectivity index is 0.000000265. The normalized spacial score (nSPS) is 15.9. The van der Waals surface area contributed by atoms with Gasteiger partial charge in [-0.1, -0.05) is 172 Å². The van der Waals surface area contributed by atoms with E-state index >= 15 is 0 Å². The molecular weight excluding hydrogens is 556 g/mol. The molecule has 0 saturated carbocycles. The molecule has 1 aliphatic rings. The van der Waals surface area contributed by atoms with Gasteiger partial charge in [0.05, 0.1) is 0 Å². The molecule has 0 bridgehead atoms. The van der Waals surface area contributed by atoms with E-state index in [9.17, 15) is 0 Å². The quantitative estimate of drug-likeness (QED) is 0.214. The van der Waals surface area contributed by atoms with Crippen molar-refractivity contribution in [1.29, 1.82) is 0 Å². The molecule has 2 nitrogen and oxygen atoms in total. The first-order valence-electron chi connectivity index (χ1n) is 15.7. The number of benzene rings is 3. The second kappa shape index (κ2) is 18.7. The molecule has 0 amide bonds. The van der Waals surface area contributed by atoms with Crippen molar-refractivity contribution >= 4 is 11.8 Å². The van der Waals surface area contributed by atoms with Gasteiger partial charge in [0, 0.05) is 35.1 Å². The molecule has 0 unspecified atom stereocenters. The molecule has 1 heterocycles. The standard InChI is InChI=1S/C19H19N.C18H25N.C7H8/c1-3-4-5-6-9-16-13-12-15(2)14-18(16)17-10-7-8-11-19(17)20;1-8-12-15-16(11-4)19(7)17(13-9-2)14(10-3)18(15,5)6;1-7-5-3-2-4-6-7/h3-14H,1,20H2,2H3;8-13H,1,3H2,2,4-7H3;2-6H,1H3/b5-4-,9-6-;13-9-,15-12+,16-11+;. The summed E-state index contributed by atoms with van der Waals surface area (Å²) in [4.78, 5) is 2.22. The molecule has 2 heteroatoms. The predicted molar refractivity (Wildman–Crippen MR) is 206 cm³/mol. The summed E-state index contributed by atoms with van der Waals surface area (Å²) in [5, 5.41) is 0. The van der Waals surface area contributed by atoms with E-state index in [0.29, 0.717) is 0 Å². The molecule has 0 atom stereocenters. The number of hydrogen-bond donors (Lipinski definition) is 1. The van der Waals surface area contributed by atoms with Gasteiger partial charge in [-0.3, -0.25) is 0 Å². The molecule has 3 aromatic rings. The van der Waals surface area contributed by atoms with E-state index in [1.54, 1.807) is 6.08 Å². The van der Waals surface area contributed by atoms with Gasteiger partial charge < -0.3 is 10.6 Å². The average Bonchev–Trinajstić information content (AvgIpc) is 3.04. The van der Waals surface area contributed by atoms with Gasteiger partial charge in [-0.15, -0.1) is 0 Å². The van der Waals surface area contributed by atoms with Crippen LogP contribution in [0.1, 0.15) is 44.4 Å². The maximum Gasteiger partial charge on any atom is 0.0446 e. The zero-order valence-electron chi connectivity index (χ0n) is 28.9. The SMILES string of the molecule is C=C/C=C1\C(=C/C)N(C)C(/C=C\C)=C(C=C)C1(C)C.C=C/C=C\C=C/c1ccc(C)cc1-c1ccccc1N.Cc1ccccc1. The van der Waals surface area contributed by atoms with Crippen LogP contribution in [-0.4, -0.2) is 11.9 Å². The van der Waals surface area contributed by atoms with Crippen LogP contribution in [0.4, 0.5) is 5.69 Å². The molecule has 46 heavy (non-hydrogen) atoms. The third-order valence-corrected chi connectivity index (χ3v) is 7.74. The molecule has 0 aliphatic carbocycles. The van der Waals surface area contributed by atoms with Crippen LogP contribution < -0.4 is 5.73 Å². The Kier molecular flexibility index (Phi) is 15.1. The monoisotopic (exact) mass is 608 g/mol. The molecule has 238 valence electrons. The van der Waals surface area contributed by atoms with Crippen LogP contribution in [0.25, 0.3) is 17.2 Å². The first-order chi connectivity index (χ1) is 22.1. The van der Waals surface area contributed by atoms with Gasteiger partial charge in [0.25, 0.3) is 0 Å². The van der Waals surface area contributed by atoms with E-state index in [1.165, 1.54) is 33.7 Å². The van der Waals surface area contributed by atoms with E-state index in [4.69, 9.17) is 5.73 Å². The number of likely N-dealkylation sites (N-methyl/N-ethyl adjacent to an activating group) is 1. The fourth-order valence-corrected chi connectivity index (χ4v) is 5.38. The van der Waals surface area contributed by atoms with Crippen LogP contribution in [0.15, 0.2) is 176 Å². The van der Waals surface area contributed by atoms with Gasteiger partial charge in [-0.25, -0.2) is 0 Å². The van der Waals surface area contributed by atoms with Gasteiger partial charge in [0.2, 0.25) is 0 Å². The number of nitrogen functional groups attached to an aromatic ring is 1. The molecule has 0 fully saturated rings. The molecule has 4 rings (SSSR count). The number of allylic oxidation sites excluding steroid dienone is 12. The Hall–Kier alpha value is -5.08. The summed E-state index contributed by atoms with van der Waals surface area (Å²) >= 11 is 0. The zero-order valence-corrected chi connectivity index (χ0v) is 28.9. The number of aryl methyl sites for hydroxylation is 2. The van der Waals surface area contributed by atoms with Gasteiger partial charge >= 0.3 is 0 Å².